The Bertz CT molecular complexity index is 479. The van der Waals surface area contributed by atoms with E-state index in [9.17, 15) is 8.42 Å². The van der Waals surface area contributed by atoms with E-state index in [1.165, 1.54) is 12.7 Å². The molecule has 96 valence electrons. The van der Waals surface area contributed by atoms with Crippen LogP contribution in [0.25, 0.3) is 0 Å². The lowest BCUT2D eigenvalue weighted by molar-refractivity contribution is 0.333. The van der Waals surface area contributed by atoms with E-state index in [4.69, 9.17) is 10.3 Å². The summed E-state index contributed by atoms with van der Waals surface area (Å²) in [5.74, 6) is 1.49. The van der Waals surface area contributed by atoms with Crippen molar-refractivity contribution in [1.29, 1.82) is 0 Å². The van der Waals surface area contributed by atoms with Crippen molar-refractivity contribution < 1.29 is 12.9 Å². The quantitative estimate of drug-likeness (QED) is 0.838. The fourth-order valence-corrected chi connectivity index (χ4v) is 2.38. The SMILES string of the molecule is CS(=O)(=O)CCC(N)c1nc(C2CCC2)no1. The van der Waals surface area contributed by atoms with Crippen LogP contribution < -0.4 is 5.73 Å². The number of sulfone groups is 1. The number of aromatic nitrogens is 2. The number of hydrogen-bond donors (Lipinski definition) is 1. The van der Waals surface area contributed by atoms with Gasteiger partial charge in [0, 0.05) is 12.2 Å². The van der Waals surface area contributed by atoms with Crippen molar-refractivity contribution >= 4 is 9.84 Å². The minimum Gasteiger partial charge on any atom is -0.338 e. The summed E-state index contributed by atoms with van der Waals surface area (Å²) in [7, 11) is -3.00. The van der Waals surface area contributed by atoms with Crippen LogP contribution in [0.5, 0.6) is 0 Å². The number of nitrogens with two attached hydrogens (primary N) is 1. The zero-order chi connectivity index (χ0) is 12.5. The molecule has 1 aliphatic rings. The predicted molar refractivity (Wildman–Crippen MR) is 62.1 cm³/mol. The van der Waals surface area contributed by atoms with E-state index < -0.39 is 15.9 Å². The van der Waals surface area contributed by atoms with Gasteiger partial charge >= 0.3 is 0 Å². The molecule has 1 aliphatic carbocycles. The molecule has 1 heterocycles. The average molecular weight is 259 g/mol. The Hall–Kier alpha value is -0.950. The largest absolute Gasteiger partial charge is 0.338 e. The van der Waals surface area contributed by atoms with E-state index in [1.807, 2.05) is 0 Å². The van der Waals surface area contributed by atoms with Crippen molar-refractivity contribution in [3.05, 3.63) is 11.7 Å². The van der Waals surface area contributed by atoms with Gasteiger partial charge in [0.05, 0.1) is 11.8 Å². The Balaban J connectivity index is 1.94. The Kier molecular flexibility index (Phi) is 3.48. The summed E-state index contributed by atoms with van der Waals surface area (Å²) in [5.41, 5.74) is 5.81. The first-order valence-electron chi connectivity index (χ1n) is 5.72. The molecule has 0 bridgehead atoms. The van der Waals surface area contributed by atoms with Gasteiger partial charge in [0.15, 0.2) is 5.82 Å². The van der Waals surface area contributed by atoms with E-state index in [-0.39, 0.29) is 5.75 Å². The molecule has 0 radical (unpaired) electrons. The highest BCUT2D eigenvalue weighted by atomic mass is 32.2. The summed E-state index contributed by atoms with van der Waals surface area (Å²) < 4.78 is 27.1. The van der Waals surface area contributed by atoms with Gasteiger partial charge in [0.1, 0.15) is 9.84 Å². The molecule has 2 N–H and O–H groups in total. The van der Waals surface area contributed by atoms with Crippen LogP contribution in [0, 0.1) is 0 Å². The van der Waals surface area contributed by atoms with E-state index in [2.05, 4.69) is 10.1 Å². The van der Waals surface area contributed by atoms with Crippen LogP contribution >= 0.6 is 0 Å². The Morgan fingerprint density at radius 1 is 1.53 bits per heavy atom. The summed E-state index contributed by atoms with van der Waals surface area (Å²) in [6, 6.07) is -0.494. The van der Waals surface area contributed by atoms with Gasteiger partial charge < -0.3 is 10.3 Å². The summed E-state index contributed by atoms with van der Waals surface area (Å²) >= 11 is 0. The average Bonchev–Trinajstić information content (AvgIpc) is 2.59. The summed E-state index contributed by atoms with van der Waals surface area (Å²) in [6.07, 6.45) is 4.89. The van der Waals surface area contributed by atoms with Gasteiger partial charge in [-0.3, -0.25) is 0 Å². The second-order valence-corrected chi connectivity index (χ2v) is 6.90. The van der Waals surface area contributed by atoms with Crippen molar-refractivity contribution in [1.82, 2.24) is 10.1 Å². The lowest BCUT2D eigenvalue weighted by Crippen LogP contribution is -2.16. The van der Waals surface area contributed by atoms with Crippen LogP contribution in [0.3, 0.4) is 0 Å². The van der Waals surface area contributed by atoms with Crippen molar-refractivity contribution in [2.75, 3.05) is 12.0 Å². The van der Waals surface area contributed by atoms with E-state index >= 15 is 0 Å². The van der Waals surface area contributed by atoms with E-state index in [0.717, 1.165) is 12.8 Å². The van der Waals surface area contributed by atoms with Gasteiger partial charge in [-0.15, -0.1) is 0 Å². The van der Waals surface area contributed by atoms with Crippen LogP contribution in [-0.2, 0) is 9.84 Å². The molecule has 0 saturated heterocycles. The van der Waals surface area contributed by atoms with E-state index in [0.29, 0.717) is 24.1 Å². The fraction of sp³-hybridized carbons (Fsp3) is 0.800. The minimum absolute atomic E-state index is 0.0370. The lowest BCUT2D eigenvalue weighted by atomic mass is 9.85. The molecular weight excluding hydrogens is 242 g/mol. The first-order valence-corrected chi connectivity index (χ1v) is 7.78. The third-order valence-corrected chi connectivity index (χ3v) is 4.02. The van der Waals surface area contributed by atoms with Gasteiger partial charge in [0.25, 0.3) is 0 Å². The van der Waals surface area contributed by atoms with Crippen LogP contribution in [0.2, 0.25) is 0 Å². The third-order valence-electron chi connectivity index (χ3n) is 3.04. The lowest BCUT2D eigenvalue weighted by Gasteiger charge is -2.21. The molecule has 1 atom stereocenters. The summed E-state index contributed by atoms with van der Waals surface area (Å²) in [4.78, 5) is 4.24. The van der Waals surface area contributed by atoms with Gasteiger partial charge in [0.2, 0.25) is 5.89 Å². The van der Waals surface area contributed by atoms with Crippen molar-refractivity contribution in [3.8, 4) is 0 Å². The van der Waals surface area contributed by atoms with Crippen LogP contribution in [0.15, 0.2) is 4.52 Å². The Labute approximate surface area is 100 Å². The van der Waals surface area contributed by atoms with Crippen LogP contribution in [0.4, 0.5) is 0 Å². The molecule has 0 amide bonds. The van der Waals surface area contributed by atoms with Crippen molar-refractivity contribution in [2.24, 2.45) is 5.73 Å². The number of rotatable bonds is 5. The highest BCUT2D eigenvalue weighted by Crippen LogP contribution is 2.34. The van der Waals surface area contributed by atoms with E-state index in [1.54, 1.807) is 0 Å². The Morgan fingerprint density at radius 3 is 2.76 bits per heavy atom. The van der Waals surface area contributed by atoms with Gasteiger partial charge in [-0.25, -0.2) is 8.42 Å². The maximum Gasteiger partial charge on any atom is 0.243 e. The number of nitrogens with zero attached hydrogens (tertiary/aromatic N) is 2. The fourth-order valence-electron chi connectivity index (χ4n) is 1.69. The second kappa shape index (κ2) is 4.73. The van der Waals surface area contributed by atoms with Crippen LogP contribution in [0.1, 0.15) is 49.4 Å². The molecule has 0 aliphatic heterocycles. The molecule has 0 aromatic carbocycles. The zero-order valence-corrected chi connectivity index (χ0v) is 10.6. The topological polar surface area (TPSA) is 99.1 Å². The molecule has 1 unspecified atom stereocenters. The molecule has 0 spiro atoms. The maximum atomic E-state index is 11.0. The molecule has 1 saturated carbocycles. The van der Waals surface area contributed by atoms with Crippen molar-refractivity contribution in [3.63, 3.8) is 0 Å². The standard InChI is InChI=1S/C10H17N3O3S/c1-17(14,15)6-5-8(11)10-12-9(13-16-10)7-3-2-4-7/h7-8H,2-6,11H2,1H3. The summed E-state index contributed by atoms with van der Waals surface area (Å²) in [5, 5.41) is 3.89. The van der Waals surface area contributed by atoms with Gasteiger partial charge in [-0.2, -0.15) is 4.98 Å². The zero-order valence-electron chi connectivity index (χ0n) is 9.80. The highest BCUT2D eigenvalue weighted by Gasteiger charge is 2.26. The molecule has 1 aromatic heterocycles. The van der Waals surface area contributed by atoms with Gasteiger partial charge in [-0.05, 0) is 19.3 Å². The van der Waals surface area contributed by atoms with Crippen LogP contribution in [-0.4, -0.2) is 30.6 Å². The molecular formula is C10H17N3O3S. The highest BCUT2D eigenvalue weighted by molar-refractivity contribution is 7.90. The second-order valence-electron chi connectivity index (χ2n) is 4.64. The normalized spacial score (nSPS) is 18.9. The molecule has 7 heteroatoms. The monoisotopic (exact) mass is 259 g/mol. The number of hydrogen-bond acceptors (Lipinski definition) is 6. The molecule has 2 rings (SSSR count). The maximum absolute atomic E-state index is 11.0. The first-order chi connectivity index (χ1) is 7.96. The minimum atomic E-state index is -3.00. The molecule has 17 heavy (non-hydrogen) atoms. The Morgan fingerprint density at radius 2 is 2.24 bits per heavy atom. The summed E-state index contributed by atoms with van der Waals surface area (Å²) in [6.45, 7) is 0. The smallest absolute Gasteiger partial charge is 0.243 e. The van der Waals surface area contributed by atoms with Crippen molar-refractivity contribution in [2.45, 2.75) is 37.6 Å². The predicted octanol–water partition coefficient (Wildman–Crippen LogP) is 0.772. The first kappa shape index (κ1) is 12.5. The molecule has 6 nitrogen and oxygen atoms in total. The molecule has 1 fully saturated rings. The molecule has 1 aromatic rings. The van der Waals surface area contributed by atoms with Gasteiger partial charge in [-0.1, -0.05) is 11.6 Å². The third kappa shape index (κ3) is 3.26.